The Morgan fingerprint density at radius 2 is 1.50 bits per heavy atom. The van der Waals surface area contributed by atoms with Crippen molar-refractivity contribution >= 4 is 12.6 Å². The molecule has 0 N–H and O–H groups in total. The normalized spacial score (nSPS) is 13.2. The molecule has 0 fully saturated rings. The van der Waals surface area contributed by atoms with Gasteiger partial charge in [0.15, 0.2) is 0 Å². The Hall–Kier alpha value is -0.430. The fourth-order valence-electron chi connectivity index (χ4n) is 1.57. The molecule has 1 unspecified atom stereocenters. The van der Waals surface area contributed by atoms with E-state index in [9.17, 15) is 0 Å². The van der Waals surface area contributed by atoms with Crippen molar-refractivity contribution in [2.45, 2.75) is 39.0 Å². The van der Waals surface area contributed by atoms with Crippen LogP contribution in [0.1, 0.15) is 50.2 Å². The topological polar surface area (TPSA) is 0 Å². The first-order valence-electron chi connectivity index (χ1n) is 5.36. The van der Waals surface area contributed by atoms with Crippen LogP contribution in [-0.4, -0.2) is 5.75 Å². The van der Waals surface area contributed by atoms with Gasteiger partial charge in [-0.15, -0.1) is 0 Å². The standard InChI is InChI=1S/C13H20S/c1-10(2)12-4-6-13(7-5-12)11(3)8-9-14/h4-7,10-11,14H,8-9H2,1-3H3. The Balaban J connectivity index is 2.72. The van der Waals surface area contributed by atoms with E-state index in [2.05, 4.69) is 57.7 Å². The third kappa shape index (κ3) is 3.06. The Morgan fingerprint density at radius 3 is 1.93 bits per heavy atom. The molecule has 1 atom stereocenters. The summed E-state index contributed by atoms with van der Waals surface area (Å²) in [5, 5.41) is 0. The van der Waals surface area contributed by atoms with E-state index in [1.807, 2.05) is 0 Å². The zero-order chi connectivity index (χ0) is 10.6. The predicted molar refractivity (Wildman–Crippen MR) is 67.4 cm³/mol. The van der Waals surface area contributed by atoms with Gasteiger partial charge in [-0.05, 0) is 35.1 Å². The van der Waals surface area contributed by atoms with Crippen molar-refractivity contribution < 1.29 is 0 Å². The van der Waals surface area contributed by atoms with Gasteiger partial charge in [-0.1, -0.05) is 45.0 Å². The smallest absolute Gasteiger partial charge is 0.00922 e. The lowest BCUT2D eigenvalue weighted by Gasteiger charge is -2.12. The van der Waals surface area contributed by atoms with E-state index in [1.165, 1.54) is 11.1 Å². The van der Waals surface area contributed by atoms with Crippen molar-refractivity contribution in [2.24, 2.45) is 0 Å². The second-order valence-corrected chi connectivity index (χ2v) is 4.68. The second-order valence-electron chi connectivity index (χ2n) is 4.23. The zero-order valence-corrected chi connectivity index (χ0v) is 10.2. The minimum atomic E-state index is 0.629. The highest BCUT2D eigenvalue weighted by atomic mass is 32.1. The summed E-state index contributed by atoms with van der Waals surface area (Å²) >= 11 is 4.26. The van der Waals surface area contributed by atoms with Crippen molar-refractivity contribution in [3.63, 3.8) is 0 Å². The molecule has 78 valence electrons. The molecule has 0 heterocycles. The van der Waals surface area contributed by atoms with Crippen molar-refractivity contribution in [3.05, 3.63) is 35.4 Å². The fraction of sp³-hybridized carbons (Fsp3) is 0.538. The molecule has 0 amide bonds. The Bertz CT molecular complexity index is 261. The van der Waals surface area contributed by atoms with E-state index < -0.39 is 0 Å². The second kappa shape index (κ2) is 5.45. The van der Waals surface area contributed by atoms with Crippen LogP contribution in [0, 0.1) is 0 Å². The molecule has 1 aromatic rings. The van der Waals surface area contributed by atoms with E-state index in [-0.39, 0.29) is 0 Å². The molecule has 14 heavy (non-hydrogen) atoms. The molecule has 0 aliphatic heterocycles. The van der Waals surface area contributed by atoms with Crippen molar-refractivity contribution in [1.82, 2.24) is 0 Å². The summed E-state index contributed by atoms with van der Waals surface area (Å²) < 4.78 is 0. The summed E-state index contributed by atoms with van der Waals surface area (Å²) in [5.41, 5.74) is 2.86. The molecule has 0 nitrogen and oxygen atoms in total. The minimum Gasteiger partial charge on any atom is -0.179 e. The molecule has 0 aliphatic rings. The highest BCUT2D eigenvalue weighted by Crippen LogP contribution is 2.22. The number of thiol groups is 1. The summed E-state index contributed by atoms with van der Waals surface area (Å²) in [6, 6.07) is 9.00. The molecule has 0 bridgehead atoms. The van der Waals surface area contributed by atoms with E-state index in [1.54, 1.807) is 0 Å². The molecule has 0 spiro atoms. The van der Waals surface area contributed by atoms with Crippen molar-refractivity contribution in [1.29, 1.82) is 0 Å². The van der Waals surface area contributed by atoms with Crippen LogP contribution in [0.5, 0.6) is 0 Å². The monoisotopic (exact) mass is 208 g/mol. The zero-order valence-electron chi connectivity index (χ0n) is 9.33. The SMILES string of the molecule is CC(C)c1ccc(C(C)CCS)cc1. The highest BCUT2D eigenvalue weighted by molar-refractivity contribution is 7.80. The van der Waals surface area contributed by atoms with Crippen LogP contribution >= 0.6 is 12.6 Å². The third-order valence-electron chi connectivity index (χ3n) is 2.73. The van der Waals surface area contributed by atoms with Gasteiger partial charge in [-0.25, -0.2) is 0 Å². The summed E-state index contributed by atoms with van der Waals surface area (Å²) in [7, 11) is 0. The maximum Gasteiger partial charge on any atom is -0.00922 e. The quantitative estimate of drug-likeness (QED) is 0.703. The first-order chi connectivity index (χ1) is 6.65. The molecule has 1 rings (SSSR count). The lowest BCUT2D eigenvalue weighted by molar-refractivity contribution is 0.740. The molecule has 0 radical (unpaired) electrons. The number of hydrogen-bond donors (Lipinski definition) is 1. The van der Waals surface area contributed by atoms with Crippen LogP contribution in [0.2, 0.25) is 0 Å². The number of rotatable bonds is 4. The minimum absolute atomic E-state index is 0.629. The molecule has 0 saturated carbocycles. The average molecular weight is 208 g/mol. The maximum absolute atomic E-state index is 4.26. The van der Waals surface area contributed by atoms with Gasteiger partial charge >= 0.3 is 0 Å². The van der Waals surface area contributed by atoms with Gasteiger partial charge in [0.05, 0.1) is 0 Å². The fourth-order valence-corrected chi connectivity index (χ4v) is 1.96. The molecular weight excluding hydrogens is 188 g/mol. The van der Waals surface area contributed by atoms with Gasteiger partial charge < -0.3 is 0 Å². The van der Waals surface area contributed by atoms with Crippen LogP contribution in [0.3, 0.4) is 0 Å². The molecule has 0 aromatic heterocycles. The maximum atomic E-state index is 4.26. The Morgan fingerprint density at radius 1 is 1.00 bits per heavy atom. The largest absolute Gasteiger partial charge is 0.179 e. The summed E-state index contributed by atoms with van der Waals surface area (Å²) in [6.07, 6.45) is 1.16. The summed E-state index contributed by atoms with van der Waals surface area (Å²) in [5.74, 6) is 2.23. The van der Waals surface area contributed by atoms with Gasteiger partial charge in [0.25, 0.3) is 0 Å². The molecular formula is C13H20S. The molecule has 1 heteroatoms. The first kappa shape index (κ1) is 11.6. The molecule has 1 aromatic carbocycles. The number of benzene rings is 1. The van der Waals surface area contributed by atoms with Gasteiger partial charge in [0, 0.05) is 0 Å². The lowest BCUT2D eigenvalue weighted by Crippen LogP contribution is -1.95. The van der Waals surface area contributed by atoms with Crippen LogP contribution in [-0.2, 0) is 0 Å². The van der Waals surface area contributed by atoms with Gasteiger partial charge in [0.1, 0.15) is 0 Å². The summed E-state index contributed by atoms with van der Waals surface area (Å²) in [4.78, 5) is 0. The van der Waals surface area contributed by atoms with Crippen LogP contribution in [0.15, 0.2) is 24.3 Å². The van der Waals surface area contributed by atoms with E-state index in [0.717, 1.165) is 12.2 Å². The predicted octanol–water partition coefficient (Wildman–Crippen LogP) is 4.23. The van der Waals surface area contributed by atoms with E-state index in [4.69, 9.17) is 0 Å². The van der Waals surface area contributed by atoms with E-state index in [0.29, 0.717) is 11.8 Å². The number of hydrogen-bond acceptors (Lipinski definition) is 1. The third-order valence-corrected chi connectivity index (χ3v) is 2.99. The first-order valence-corrected chi connectivity index (χ1v) is 5.99. The Labute approximate surface area is 93.1 Å². The van der Waals surface area contributed by atoms with Crippen molar-refractivity contribution in [2.75, 3.05) is 5.75 Å². The van der Waals surface area contributed by atoms with Gasteiger partial charge in [0.2, 0.25) is 0 Å². The van der Waals surface area contributed by atoms with Gasteiger partial charge in [-0.2, -0.15) is 12.6 Å². The molecule has 0 aliphatic carbocycles. The van der Waals surface area contributed by atoms with Crippen LogP contribution in [0.4, 0.5) is 0 Å². The summed E-state index contributed by atoms with van der Waals surface area (Å²) in [6.45, 7) is 6.72. The van der Waals surface area contributed by atoms with E-state index >= 15 is 0 Å². The molecule has 0 saturated heterocycles. The Kier molecular flexibility index (Phi) is 4.53. The lowest BCUT2D eigenvalue weighted by atomic mass is 9.95. The highest BCUT2D eigenvalue weighted by Gasteiger charge is 2.04. The average Bonchev–Trinajstić information content (AvgIpc) is 2.18. The van der Waals surface area contributed by atoms with Crippen LogP contribution in [0.25, 0.3) is 0 Å². The van der Waals surface area contributed by atoms with Crippen molar-refractivity contribution in [3.8, 4) is 0 Å². The van der Waals surface area contributed by atoms with Gasteiger partial charge in [-0.3, -0.25) is 0 Å². The van der Waals surface area contributed by atoms with Crippen LogP contribution < -0.4 is 0 Å².